The average Bonchev–Trinajstić information content (AvgIpc) is 2.50. The Morgan fingerprint density at radius 1 is 1.27 bits per heavy atom. The minimum absolute atomic E-state index is 0.0828. The van der Waals surface area contributed by atoms with Crippen LogP contribution in [0.15, 0.2) is 42.5 Å². The molecule has 22 heavy (non-hydrogen) atoms. The zero-order chi connectivity index (χ0) is 15.9. The Morgan fingerprint density at radius 2 is 2.05 bits per heavy atom. The maximum absolute atomic E-state index is 12.0. The molecule has 0 bridgehead atoms. The number of nitrogens with two attached hydrogens (primary N) is 1. The molecular formula is C17H19ClN2O2. The van der Waals surface area contributed by atoms with Gasteiger partial charge in [0.15, 0.2) is 0 Å². The predicted molar refractivity (Wildman–Crippen MR) is 90.4 cm³/mol. The molecule has 0 atom stereocenters. The van der Waals surface area contributed by atoms with Crippen molar-refractivity contribution >= 4 is 28.9 Å². The van der Waals surface area contributed by atoms with E-state index < -0.39 is 0 Å². The van der Waals surface area contributed by atoms with Gasteiger partial charge in [0.25, 0.3) is 0 Å². The van der Waals surface area contributed by atoms with Crippen molar-refractivity contribution in [2.24, 2.45) is 0 Å². The Bertz CT molecular complexity index is 659. The number of ether oxygens (including phenoxy) is 1. The number of nitrogen functional groups attached to an aromatic ring is 1. The number of halogens is 1. The van der Waals surface area contributed by atoms with Crippen LogP contribution >= 0.6 is 11.6 Å². The van der Waals surface area contributed by atoms with Crippen molar-refractivity contribution in [3.63, 3.8) is 0 Å². The highest BCUT2D eigenvalue weighted by atomic mass is 35.5. The third kappa shape index (κ3) is 4.40. The molecule has 2 aromatic rings. The van der Waals surface area contributed by atoms with E-state index in [0.717, 1.165) is 5.56 Å². The fourth-order valence-electron chi connectivity index (χ4n) is 2.07. The first-order valence-corrected chi connectivity index (χ1v) is 7.53. The molecule has 1 amide bonds. The van der Waals surface area contributed by atoms with Crippen LogP contribution in [-0.2, 0) is 11.2 Å². The number of carbonyl (C=O) groups excluding carboxylic acids is 1. The van der Waals surface area contributed by atoms with Crippen LogP contribution in [0.2, 0.25) is 5.02 Å². The van der Waals surface area contributed by atoms with E-state index in [-0.39, 0.29) is 5.91 Å². The van der Waals surface area contributed by atoms with Gasteiger partial charge in [-0.3, -0.25) is 4.79 Å². The zero-order valence-corrected chi connectivity index (χ0v) is 13.2. The van der Waals surface area contributed by atoms with Gasteiger partial charge in [-0.25, -0.2) is 0 Å². The molecular weight excluding hydrogens is 300 g/mol. The van der Waals surface area contributed by atoms with E-state index in [0.29, 0.717) is 41.6 Å². The Kier molecular flexibility index (Phi) is 5.67. The van der Waals surface area contributed by atoms with Crippen molar-refractivity contribution in [3.05, 3.63) is 53.1 Å². The highest BCUT2D eigenvalue weighted by Gasteiger charge is 2.07. The van der Waals surface area contributed by atoms with Crippen molar-refractivity contribution in [2.45, 2.75) is 19.8 Å². The number of aryl methyl sites for hydroxylation is 1. The number of carbonyl (C=O) groups is 1. The van der Waals surface area contributed by atoms with E-state index in [4.69, 9.17) is 22.1 Å². The summed E-state index contributed by atoms with van der Waals surface area (Å²) in [4.78, 5) is 12.0. The van der Waals surface area contributed by atoms with Crippen LogP contribution in [-0.4, -0.2) is 12.5 Å². The third-order valence-electron chi connectivity index (χ3n) is 3.16. The summed E-state index contributed by atoms with van der Waals surface area (Å²) in [5.41, 5.74) is 8.12. The van der Waals surface area contributed by atoms with Gasteiger partial charge in [-0.05, 0) is 43.2 Å². The number of hydrogen-bond acceptors (Lipinski definition) is 3. The zero-order valence-electron chi connectivity index (χ0n) is 12.4. The SMILES string of the molecule is CCOc1ccc(CCC(=O)Nc2ccccc2Cl)cc1N. The molecule has 5 heteroatoms. The van der Waals surface area contributed by atoms with E-state index in [1.807, 2.05) is 37.3 Å². The Morgan fingerprint density at radius 3 is 2.73 bits per heavy atom. The van der Waals surface area contributed by atoms with Crippen LogP contribution in [0.5, 0.6) is 5.75 Å². The second-order valence-corrected chi connectivity index (χ2v) is 5.24. The number of rotatable bonds is 6. The molecule has 2 aromatic carbocycles. The lowest BCUT2D eigenvalue weighted by atomic mass is 10.1. The second-order valence-electron chi connectivity index (χ2n) is 4.83. The van der Waals surface area contributed by atoms with Crippen molar-refractivity contribution in [1.29, 1.82) is 0 Å². The maximum Gasteiger partial charge on any atom is 0.224 e. The van der Waals surface area contributed by atoms with Gasteiger partial charge >= 0.3 is 0 Å². The number of anilines is 2. The molecule has 0 spiro atoms. The van der Waals surface area contributed by atoms with Gasteiger partial charge < -0.3 is 15.8 Å². The Balaban J connectivity index is 1.91. The van der Waals surface area contributed by atoms with E-state index in [2.05, 4.69) is 5.32 Å². The van der Waals surface area contributed by atoms with Gasteiger partial charge in [-0.15, -0.1) is 0 Å². The van der Waals surface area contributed by atoms with Gasteiger partial charge in [-0.2, -0.15) is 0 Å². The van der Waals surface area contributed by atoms with Gasteiger partial charge in [0, 0.05) is 6.42 Å². The minimum atomic E-state index is -0.0828. The van der Waals surface area contributed by atoms with Crippen LogP contribution in [0.3, 0.4) is 0 Å². The molecule has 0 saturated carbocycles. The summed E-state index contributed by atoms with van der Waals surface area (Å²) in [5.74, 6) is 0.590. The van der Waals surface area contributed by atoms with Crippen molar-refractivity contribution < 1.29 is 9.53 Å². The number of benzene rings is 2. The van der Waals surface area contributed by atoms with Gasteiger partial charge in [0.1, 0.15) is 5.75 Å². The smallest absolute Gasteiger partial charge is 0.224 e. The van der Waals surface area contributed by atoms with E-state index >= 15 is 0 Å². The summed E-state index contributed by atoms with van der Waals surface area (Å²) < 4.78 is 5.39. The summed E-state index contributed by atoms with van der Waals surface area (Å²) in [6.45, 7) is 2.48. The first kappa shape index (κ1) is 16.2. The number of hydrogen-bond donors (Lipinski definition) is 2. The Labute approximate surface area is 135 Å². The normalized spacial score (nSPS) is 10.3. The molecule has 0 aliphatic carbocycles. The quantitative estimate of drug-likeness (QED) is 0.794. The number of nitrogens with one attached hydrogen (secondary N) is 1. The fraction of sp³-hybridized carbons (Fsp3) is 0.235. The topological polar surface area (TPSA) is 64.3 Å². The van der Waals surface area contributed by atoms with E-state index in [1.54, 1.807) is 12.1 Å². The highest BCUT2D eigenvalue weighted by molar-refractivity contribution is 6.33. The molecule has 0 fully saturated rings. The first-order valence-electron chi connectivity index (χ1n) is 7.15. The van der Waals surface area contributed by atoms with Gasteiger partial charge in [-0.1, -0.05) is 29.8 Å². The molecule has 2 rings (SSSR count). The lowest BCUT2D eigenvalue weighted by Gasteiger charge is -2.09. The summed E-state index contributed by atoms with van der Waals surface area (Å²) in [5, 5.41) is 3.33. The summed E-state index contributed by atoms with van der Waals surface area (Å²) in [6, 6.07) is 12.8. The molecule has 3 N–H and O–H groups in total. The number of amides is 1. The molecule has 0 unspecified atom stereocenters. The standard InChI is InChI=1S/C17H19ClN2O2/c1-2-22-16-9-7-12(11-14(16)19)8-10-17(21)20-15-6-4-3-5-13(15)18/h3-7,9,11H,2,8,10,19H2,1H3,(H,20,21). The largest absolute Gasteiger partial charge is 0.492 e. The fourth-order valence-corrected chi connectivity index (χ4v) is 2.26. The second kappa shape index (κ2) is 7.71. The molecule has 0 aromatic heterocycles. The molecule has 0 aliphatic heterocycles. The van der Waals surface area contributed by atoms with Crippen LogP contribution in [0.4, 0.5) is 11.4 Å². The predicted octanol–water partition coefficient (Wildman–Crippen LogP) is 3.89. The molecule has 0 heterocycles. The summed E-state index contributed by atoms with van der Waals surface area (Å²) in [6.07, 6.45) is 0.964. The highest BCUT2D eigenvalue weighted by Crippen LogP contribution is 2.24. The Hall–Kier alpha value is -2.20. The van der Waals surface area contributed by atoms with Crippen molar-refractivity contribution in [1.82, 2.24) is 0 Å². The molecule has 0 saturated heterocycles. The van der Waals surface area contributed by atoms with Gasteiger partial charge in [0.05, 0.1) is 23.0 Å². The van der Waals surface area contributed by atoms with Crippen LogP contribution in [0.25, 0.3) is 0 Å². The minimum Gasteiger partial charge on any atom is -0.492 e. The van der Waals surface area contributed by atoms with E-state index in [1.165, 1.54) is 0 Å². The van der Waals surface area contributed by atoms with Gasteiger partial charge in [0.2, 0.25) is 5.91 Å². The lowest BCUT2D eigenvalue weighted by Crippen LogP contribution is -2.12. The third-order valence-corrected chi connectivity index (χ3v) is 3.49. The van der Waals surface area contributed by atoms with Crippen LogP contribution in [0, 0.1) is 0 Å². The number of para-hydroxylation sites is 1. The average molecular weight is 319 g/mol. The maximum atomic E-state index is 12.0. The molecule has 0 radical (unpaired) electrons. The summed E-state index contributed by atoms with van der Waals surface area (Å²) in [7, 11) is 0. The molecule has 116 valence electrons. The van der Waals surface area contributed by atoms with Crippen LogP contribution < -0.4 is 15.8 Å². The van der Waals surface area contributed by atoms with Crippen molar-refractivity contribution in [3.8, 4) is 5.75 Å². The first-order chi connectivity index (χ1) is 10.6. The molecule has 4 nitrogen and oxygen atoms in total. The molecule has 0 aliphatic rings. The van der Waals surface area contributed by atoms with E-state index in [9.17, 15) is 4.79 Å². The lowest BCUT2D eigenvalue weighted by molar-refractivity contribution is -0.116. The summed E-state index contributed by atoms with van der Waals surface area (Å²) >= 11 is 6.01. The monoisotopic (exact) mass is 318 g/mol. The van der Waals surface area contributed by atoms with Crippen LogP contribution in [0.1, 0.15) is 18.9 Å². The van der Waals surface area contributed by atoms with Crippen molar-refractivity contribution in [2.75, 3.05) is 17.7 Å².